The van der Waals surface area contributed by atoms with Crippen molar-refractivity contribution in [2.75, 3.05) is 5.32 Å². The molecule has 0 fully saturated rings. The molecule has 9 heteroatoms. The van der Waals surface area contributed by atoms with E-state index in [-0.39, 0.29) is 4.47 Å². The van der Waals surface area contributed by atoms with Gasteiger partial charge in [0.1, 0.15) is 5.69 Å². The number of benzene rings is 1. The zero-order valence-corrected chi connectivity index (χ0v) is 11.2. The monoisotopic (exact) mass is 348 g/mol. The molecule has 0 unspecified atom stereocenters. The van der Waals surface area contributed by atoms with Crippen LogP contribution in [0.15, 0.2) is 28.8 Å². The first-order valence-electron chi connectivity index (χ1n) is 4.97. The summed E-state index contributed by atoms with van der Waals surface area (Å²) in [6.07, 6.45) is 1.08. The molecule has 106 valence electrons. The second-order valence-electron chi connectivity index (χ2n) is 3.36. The van der Waals surface area contributed by atoms with Crippen LogP contribution in [0, 0.1) is 11.6 Å². The second-order valence-corrected chi connectivity index (χ2v) is 4.28. The number of anilines is 1. The standard InChI is InChI=1S/C11H7BrF2N2O4/c12-5-3-6(13)10(7(14)4-5)16-11(20)15-8(17)1-2-9(18)19/h1-4H,(H,18,19)(H2,15,16,17,20). The number of aliphatic carboxylic acids is 1. The van der Waals surface area contributed by atoms with E-state index in [0.29, 0.717) is 12.2 Å². The molecule has 0 aliphatic heterocycles. The summed E-state index contributed by atoms with van der Waals surface area (Å²) in [6.45, 7) is 0. The summed E-state index contributed by atoms with van der Waals surface area (Å²) in [5, 5.41) is 11.7. The molecule has 0 atom stereocenters. The highest BCUT2D eigenvalue weighted by atomic mass is 79.9. The lowest BCUT2D eigenvalue weighted by Crippen LogP contribution is -2.33. The molecule has 1 aromatic carbocycles. The van der Waals surface area contributed by atoms with E-state index in [1.165, 1.54) is 0 Å². The van der Waals surface area contributed by atoms with Crippen molar-refractivity contribution in [3.05, 3.63) is 40.4 Å². The van der Waals surface area contributed by atoms with Gasteiger partial charge in [-0.25, -0.2) is 18.4 Å². The van der Waals surface area contributed by atoms with Gasteiger partial charge in [0.05, 0.1) is 0 Å². The lowest BCUT2D eigenvalue weighted by atomic mass is 10.3. The molecule has 0 bridgehead atoms. The van der Waals surface area contributed by atoms with Crippen LogP contribution in [0.3, 0.4) is 0 Å². The highest BCUT2D eigenvalue weighted by molar-refractivity contribution is 9.10. The lowest BCUT2D eigenvalue weighted by molar-refractivity contribution is -0.131. The van der Waals surface area contributed by atoms with Crippen LogP contribution in [-0.4, -0.2) is 23.0 Å². The topological polar surface area (TPSA) is 95.5 Å². The van der Waals surface area contributed by atoms with Crippen molar-refractivity contribution in [2.45, 2.75) is 0 Å². The van der Waals surface area contributed by atoms with Crippen molar-refractivity contribution < 1.29 is 28.3 Å². The van der Waals surface area contributed by atoms with E-state index >= 15 is 0 Å². The molecule has 20 heavy (non-hydrogen) atoms. The highest BCUT2D eigenvalue weighted by Crippen LogP contribution is 2.23. The number of imide groups is 1. The van der Waals surface area contributed by atoms with E-state index in [4.69, 9.17) is 5.11 Å². The van der Waals surface area contributed by atoms with Gasteiger partial charge in [0, 0.05) is 16.6 Å². The quantitative estimate of drug-likeness (QED) is 0.728. The van der Waals surface area contributed by atoms with Crippen molar-refractivity contribution in [2.24, 2.45) is 0 Å². The van der Waals surface area contributed by atoms with Crippen LogP contribution in [-0.2, 0) is 9.59 Å². The van der Waals surface area contributed by atoms with Crippen molar-refractivity contribution in [3.63, 3.8) is 0 Å². The van der Waals surface area contributed by atoms with Gasteiger partial charge in [-0.15, -0.1) is 0 Å². The Morgan fingerprint density at radius 1 is 1.15 bits per heavy atom. The summed E-state index contributed by atoms with van der Waals surface area (Å²) in [5.74, 6) is -4.52. The molecule has 3 N–H and O–H groups in total. The predicted molar refractivity (Wildman–Crippen MR) is 68.0 cm³/mol. The fourth-order valence-electron chi connectivity index (χ4n) is 1.11. The van der Waals surface area contributed by atoms with Gasteiger partial charge < -0.3 is 10.4 Å². The van der Waals surface area contributed by atoms with E-state index in [9.17, 15) is 23.2 Å². The van der Waals surface area contributed by atoms with Crippen LogP contribution in [0.25, 0.3) is 0 Å². The first-order valence-corrected chi connectivity index (χ1v) is 5.76. The molecular weight excluding hydrogens is 342 g/mol. The fraction of sp³-hybridized carbons (Fsp3) is 0. The maximum atomic E-state index is 13.4. The first kappa shape index (κ1) is 15.8. The zero-order chi connectivity index (χ0) is 15.3. The molecule has 0 radical (unpaired) electrons. The lowest BCUT2D eigenvalue weighted by Gasteiger charge is -2.07. The van der Waals surface area contributed by atoms with Crippen molar-refractivity contribution >= 4 is 39.5 Å². The van der Waals surface area contributed by atoms with Gasteiger partial charge in [-0.2, -0.15) is 0 Å². The number of halogens is 3. The molecule has 0 aliphatic rings. The van der Waals surface area contributed by atoms with Gasteiger partial charge in [0.25, 0.3) is 5.91 Å². The molecule has 0 heterocycles. The van der Waals surface area contributed by atoms with E-state index in [1.54, 1.807) is 10.6 Å². The Morgan fingerprint density at radius 2 is 1.70 bits per heavy atom. The van der Waals surface area contributed by atoms with Crippen LogP contribution in [0.2, 0.25) is 0 Å². The average molecular weight is 349 g/mol. The number of carboxylic acids is 1. The van der Waals surface area contributed by atoms with Crippen LogP contribution >= 0.6 is 15.9 Å². The van der Waals surface area contributed by atoms with Crippen LogP contribution in [0.5, 0.6) is 0 Å². The maximum absolute atomic E-state index is 13.4. The fourth-order valence-corrected chi connectivity index (χ4v) is 1.51. The highest BCUT2D eigenvalue weighted by Gasteiger charge is 2.14. The Morgan fingerprint density at radius 3 is 2.20 bits per heavy atom. The van der Waals surface area contributed by atoms with Gasteiger partial charge in [-0.05, 0) is 12.1 Å². The SMILES string of the molecule is O=C(O)C=CC(=O)NC(=O)Nc1c(F)cc(Br)cc1F. The molecule has 6 nitrogen and oxygen atoms in total. The van der Waals surface area contributed by atoms with E-state index < -0.39 is 35.2 Å². The van der Waals surface area contributed by atoms with E-state index in [2.05, 4.69) is 15.9 Å². The molecule has 1 aromatic rings. The third-order valence-corrected chi connectivity index (χ3v) is 2.32. The minimum atomic E-state index is -1.38. The summed E-state index contributed by atoms with van der Waals surface area (Å²) in [4.78, 5) is 32.5. The second kappa shape index (κ2) is 6.75. The largest absolute Gasteiger partial charge is 0.478 e. The van der Waals surface area contributed by atoms with Gasteiger partial charge in [0.2, 0.25) is 0 Å². The normalized spacial score (nSPS) is 10.3. The zero-order valence-electron chi connectivity index (χ0n) is 9.62. The Kier molecular flexibility index (Phi) is 5.32. The number of hydrogen-bond donors (Lipinski definition) is 3. The predicted octanol–water partition coefficient (Wildman–Crippen LogP) is 2.02. The Labute approximate surface area is 119 Å². The summed E-state index contributed by atoms with van der Waals surface area (Å²) in [5.41, 5.74) is -0.735. The minimum absolute atomic E-state index is 0.138. The van der Waals surface area contributed by atoms with E-state index in [0.717, 1.165) is 12.1 Å². The number of nitrogens with one attached hydrogen (secondary N) is 2. The van der Waals surface area contributed by atoms with Gasteiger partial charge in [-0.1, -0.05) is 15.9 Å². The third-order valence-electron chi connectivity index (χ3n) is 1.86. The van der Waals surface area contributed by atoms with Gasteiger partial charge >= 0.3 is 12.0 Å². The summed E-state index contributed by atoms with van der Waals surface area (Å²) in [6, 6.07) is 0.639. The number of carbonyl (C=O) groups excluding carboxylic acids is 2. The van der Waals surface area contributed by atoms with Crippen molar-refractivity contribution in [1.82, 2.24) is 5.32 Å². The van der Waals surface area contributed by atoms with Gasteiger partial charge in [-0.3, -0.25) is 10.1 Å². The maximum Gasteiger partial charge on any atom is 0.328 e. The number of hydrogen-bond acceptors (Lipinski definition) is 3. The minimum Gasteiger partial charge on any atom is -0.478 e. The van der Waals surface area contributed by atoms with Crippen LogP contribution in [0.1, 0.15) is 0 Å². The Hall–Kier alpha value is -2.29. The summed E-state index contributed by atoms with van der Waals surface area (Å²) >= 11 is 2.86. The number of carboxylic acid groups (broad SMARTS) is 1. The van der Waals surface area contributed by atoms with Gasteiger partial charge in [0.15, 0.2) is 11.6 Å². The van der Waals surface area contributed by atoms with Crippen molar-refractivity contribution in [3.8, 4) is 0 Å². The van der Waals surface area contributed by atoms with E-state index in [1.807, 2.05) is 0 Å². The molecule has 3 amide bonds. The molecule has 0 aliphatic carbocycles. The van der Waals surface area contributed by atoms with Crippen molar-refractivity contribution in [1.29, 1.82) is 0 Å². The number of urea groups is 1. The molecule has 0 aromatic heterocycles. The number of carbonyl (C=O) groups is 3. The Balaban J connectivity index is 2.73. The smallest absolute Gasteiger partial charge is 0.328 e. The molecule has 0 saturated heterocycles. The molecule has 0 saturated carbocycles. The molecular formula is C11H7BrF2N2O4. The van der Waals surface area contributed by atoms with Crippen LogP contribution in [0.4, 0.5) is 19.3 Å². The Bertz CT molecular complexity index is 581. The summed E-state index contributed by atoms with van der Waals surface area (Å²) < 4.78 is 26.9. The molecule has 1 rings (SSSR count). The average Bonchev–Trinajstić information content (AvgIpc) is 2.31. The van der Waals surface area contributed by atoms with Crippen LogP contribution < -0.4 is 10.6 Å². The number of amides is 3. The number of rotatable bonds is 3. The third kappa shape index (κ3) is 4.76. The molecule has 0 spiro atoms. The first-order chi connectivity index (χ1) is 9.29. The summed E-state index contributed by atoms with van der Waals surface area (Å²) in [7, 11) is 0.